The van der Waals surface area contributed by atoms with Crippen LogP contribution in [0.2, 0.25) is 0 Å². The van der Waals surface area contributed by atoms with Crippen LogP contribution in [0.5, 0.6) is 0 Å². The Balaban J connectivity index is 1.49. The van der Waals surface area contributed by atoms with Crippen LogP contribution >= 0.6 is 0 Å². The molecule has 1 atom stereocenters. The molecule has 4 rings (SSSR count). The summed E-state index contributed by atoms with van der Waals surface area (Å²) in [4.78, 5) is 27.2. The molecule has 0 fully saturated rings. The van der Waals surface area contributed by atoms with Crippen molar-refractivity contribution in [3.63, 3.8) is 0 Å². The van der Waals surface area contributed by atoms with Crippen LogP contribution in [0.3, 0.4) is 0 Å². The normalized spacial score (nSPS) is 16.6. The predicted octanol–water partition coefficient (Wildman–Crippen LogP) is 1.13. The zero-order chi connectivity index (χ0) is 17.8. The van der Waals surface area contributed by atoms with E-state index in [1.165, 1.54) is 0 Å². The van der Waals surface area contributed by atoms with Crippen LogP contribution in [0.1, 0.15) is 16.1 Å². The number of nitrogens with zero attached hydrogens (tertiary/aromatic N) is 6. The summed E-state index contributed by atoms with van der Waals surface area (Å²) in [5.41, 5.74) is 1.67. The van der Waals surface area contributed by atoms with Gasteiger partial charge in [0.25, 0.3) is 5.91 Å². The van der Waals surface area contributed by atoms with E-state index < -0.39 is 0 Å². The van der Waals surface area contributed by atoms with Crippen LogP contribution < -0.4 is 10.2 Å². The fourth-order valence-electron chi connectivity index (χ4n) is 3.10. The Labute approximate surface area is 150 Å². The average molecular weight is 349 g/mol. The molecule has 0 spiro atoms. The number of amides is 1. The monoisotopic (exact) mass is 349 g/mol. The Morgan fingerprint density at radius 2 is 2.00 bits per heavy atom. The van der Waals surface area contributed by atoms with E-state index in [0.29, 0.717) is 24.6 Å². The van der Waals surface area contributed by atoms with E-state index in [9.17, 15) is 4.79 Å². The number of hydrogen-bond acceptors (Lipinski definition) is 6. The highest BCUT2D eigenvalue weighted by Crippen LogP contribution is 2.19. The summed E-state index contributed by atoms with van der Waals surface area (Å²) >= 11 is 0. The van der Waals surface area contributed by atoms with Gasteiger partial charge in [-0.3, -0.25) is 14.5 Å². The first kappa shape index (κ1) is 16.2. The molecule has 1 aliphatic heterocycles. The quantitative estimate of drug-likeness (QED) is 0.760. The number of hydrogen-bond donors (Lipinski definition) is 1. The van der Waals surface area contributed by atoms with Gasteiger partial charge in [0, 0.05) is 56.5 Å². The molecule has 132 valence electrons. The first-order valence-corrected chi connectivity index (χ1v) is 8.50. The first-order chi connectivity index (χ1) is 12.8. The summed E-state index contributed by atoms with van der Waals surface area (Å²) in [6, 6.07) is 7.32. The number of fused-ring (bicyclic) bond motifs is 1. The fraction of sp³-hybridized carbons (Fsp3) is 0.278. The van der Waals surface area contributed by atoms with Crippen molar-refractivity contribution in [3.8, 4) is 0 Å². The van der Waals surface area contributed by atoms with Crippen molar-refractivity contribution in [1.82, 2.24) is 30.0 Å². The van der Waals surface area contributed by atoms with Crippen LogP contribution in [0, 0.1) is 5.92 Å². The van der Waals surface area contributed by atoms with Gasteiger partial charge in [0.2, 0.25) is 5.95 Å². The van der Waals surface area contributed by atoms with Gasteiger partial charge in [-0.05, 0) is 24.3 Å². The highest BCUT2D eigenvalue weighted by atomic mass is 16.1. The van der Waals surface area contributed by atoms with Crippen molar-refractivity contribution in [3.05, 3.63) is 66.5 Å². The maximum Gasteiger partial charge on any atom is 0.252 e. The van der Waals surface area contributed by atoms with Crippen LogP contribution in [-0.2, 0) is 13.1 Å². The van der Waals surface area contributed by atoms with Gasteiger partial charge in [0.05, 0.1) is 17.8 Å². The lowest BCUT2D eigenvalue weighted by Gasteiger charge is -2.24. The Hall–Kier alpha value is -3.29. The molecule has 1 aliphatic rings. The lowest BCUT2D eigenvalue weighted by atomic mass is 10.1. The number of nitrogens with one attached hydrogen (secondary N) is 1. The van der Waals surface area contributed by atoms with Crippen molar-refractivity contribution < 1.29 is 4.79 Å². The van der Waals surface area contributed by atoms with Gasteiger partial charge in [0.15, 0.2) is 0 Å². The first-order valence-electron chi connectivity index (χ1n) is 8.50. The Bertz CT molecular complexity index is 866. The van der Waals surface area contributed by atoms with E-state index in [0.717, 1.165) is 18.8 Å². The zero-order valence-corrected chi connectivity index (χ0v) is 14.2. The van der Waals surface area contributed by atoms with Crippen LogP contribution in [0.4, 0.5) is 5.95 Å². The standard InChI is InChI=1S/C18H19N7O/c26-17(15-3-1-5-19-10-15)22-9-14-11-24(18-20-6-2-7-21-18)13-16-4-8-23-25(16)12-14/h1-8,10,14H,9,11-13H2,(H,22,26). The van der Waals surface area contributed by atoms with E-state index in [4.69, 9.17) is 0 Å². The van der Waals surface area contributed by atoms with Gasteiger partial charge in [-0.2, -0.15) is 5.10 Å². The molecule has 0 radical (unpaired) electrons. The number of carbonyl (C=O) groups excluding carboxylic acids is 1. The minimum absolute atomic E-state index is 0.120. The third kappa shape index (κ3) is 3.53. The van der Waals surface area contributed by atoms with Gasteiger partial charge in [-0.25, -0.2) is 9.97 Å². The molecule has 0 bridgehead atoms. The summed E-state index contributed by atoms with van der Waals surface area (Å²) in [7, 11) is 0. The topological polar surface area (TPSA) is 88.8 Å². The third-order valence-corrected chi connectivity index (χ3v) is 4.38. The number of aromatic nitrogens is 5. The largest absolute Gasteiger partial charge is 0.352 e. The number of anilines is 1. The molecule has 0 saturated heterocycles. The molecule has 3 aromatic heterocycles. The molecule has 8 heteroatoms. The Morgan fingerprint density at radius 3 is 2.81 bits per heavy atom. The fourth-order valence-corrected chi connectivity index (χ4v) is 3.10. The van der Waals surface area contributed by atoms with Crippen LogP contribution in [0.15, 0.2) is 55.2 Å². The van der Waals surface area contributed by atoms with E-state index >= 15 is 0 Å². The predicted molar refractivity (Wildman–Crippen MR) is 95.4 cm³/mol. The summed E-state index contributed by atoms with van der Waals surface area (Å²) in [5, 5.41) is 7.41. The molecule has 1 N–H and O–H groups in total. The summed E-state index contributed by atoms with van der Waals surface area (Å²) in [5.74, 6) is 0.747. The minimum atomic E-state index is -0.120. The molecule has 26 heavy (non-hydrogen) atoms. The maximum absolute atomic E-state index is 12.3. The molecule has 4 heterocycles. The number of carbonyl (C=O) groups is 1. The smallest absolute Gasteiger partial charge is 0.252 e. The van der Waals surface area contributed by atoms with Crippen LogP contribution in [-0.4, -0.2) is 43.7 Å². The van der Waals surface area contributed by atoms with Crippen molar-refractivity contribution in [1.29, 1.82) is 0 Å². The Morgan fingerprint density at radius 1 is 1.12 bits per heavy atom. The molecule has 1 amide bonds. The second kappa shape index (κ2) is 7.30. The lowest BCUT2D eigenvalue weighted by Crippen LogP contribution is -2.37. The van der Waals surface area contributed by atoms with E-state index in [2.05, 4.69) is 30.3 Å². The summed E-state index contributed by atoms with van der Waals surface area (Å²) < 4.78 is 1.99. The molecule has 0 aromatic carbocycles. The average Bonchev–Trinajstić information content (AvgIpc) is 3.05. The van der Waals surface area contributed by atoms with Gasteiger partial charge in [-0.15, -0.1) is 0 Å². The van der Waals surface area contributed by atoms with Crippen molar-refractivity contribution in [2.75, 3.05) is 18.0 Å². The van der Waals surface area contributed by atoms with Gasteiger partial charge in [-0.1, -0.05) is 0 Å². The maximum atomic E-state index is 12.3. The zero-order valence-electron chi connectivity index (χ0n) is 14.2. The SMILES string of the molecule is O=C(NCC1CN(c2ncccn2)Cc2ccnn2C1)c1cccnc1. The molecular formula is C18H19N7O. The van der Waals surface area contributed by atoms with Crippen LogP contribution in [0.25, 0.3) is 0 Å². The summed E-state index contributed by atoms with van der Waals surface area (Å²) in [6.07, 6.45) is 8.50. The summed E-state index contributed by atoms with van der Waals surface area (Å²) in [6.45, 7) is 2.70. The number of pyridine rings is 1. The van der Waals surface area contributed by atoms with Crippen molar-refractivity contribution in [2.24, 2.45) is 5.92 Å². The van der Waals surface area contributed by atoms with Crippen molar-refractivity contribution in [2.45, 2.75) is 13.1 Å². The van der Waals surface area contributed by atoms with Gasteiger partial charge >= 0.3 is 0 Å². The molecule has 0 saturated carbocycles. The highest BCUT2D eigenvalue weighted by Gasteiger charge is 2.24. The van der Waals surface area contributed by atoms with E-state index in [1.807, 2.05) is 10.7 Å². The lowest BCUT2D eigenvalue weighted by molar-refractivity contribution is 0.0945. The molecule has 3 aromatic rings. The van der Waals surface area contributed by atoms with Gasteiger partial charge in [0.1, 0.15) is 0 Å². The molecule has 8 nitrogen and oxygen atoms in total. The molecule has 0 aliphatic carbocycles. The third-order valence-electron chi connectivity index (χ3n) is 4.38. The van der Waals surface area contributed by atoms with E-state index in [1.54, 1.807) is 49.2 Å². The molecular weight excluding hydrogens is 330 g/mol. The second-order valence-electron chi connectivity index (χ2n) is 6.25. The van der Waals surface area contributed by atoms with Crippen molar-refractivity contribution >= 4 is 11.9 Å². The van der Waals surface area contributed by atoms with Gasteiger partial charge < -0.3 is 10.2 Å². The Kier molecular flexibility index (Phi) is 4.55. The van der Waals surface area contributed by atoms with E-state index in [-0.39, 0.29) is 11.8 Å². The molecule has 1 unspecified atom stereocenters. The second-order valence-corrected chi connectivity index (χ2v) is 6.25. The number of rotatable bonds is 4. The minimum Gasteiger partial charge on any atom is -0.352 e. The highest BCUT2D eigenvalue weighted by molar-refractivity contribution is 5.93.